The molecule has 0 spiro atoms. The number of fused-ring (bicyclic) bond motifs is 1. The SMILES string of the molecule is Cc1ccc2nc(C(C)C)cc(NC3CCC(NC(=O)c4c(C)ccnc4C)CC3)c2c1. The highest BCUT2D eigenvalue weighted by Crippen LogP contribution is 2.30. The molecule has 1 saturated carbocycles. The van der Waals surface area contributed by atoms with Crippen molar-refractivity contribution in [3.05, 3.63) is 64.6 Å². The molecule has 0 unspecified atom stereocenters. The molecular formula is C27H34N4O. The lowest BCUT2D eigenvalue weighted by Gasteiger charge is -2.31. The Labute approximate surface area is 191 Å². The number of amides is 1. The number of carbonyl (C=O) groups excluding carboxylic acids is 1. The average molecular weight is 431 g/mol. The van der Waals surface area contributed by atoms with Crippen molar-refractivity contribution >= 4 is 22.5 Å². The molecular weight excluding hydrogens is 396 g/mol. The minimum absolute atomic E-state index is 0.00156. The highest BCUT2D eigenvalue weighted by molar-refractivity contribution is 5.96. The van der Waals surface area contributed by atoms with Gasteiger partial charge in [0.15, 0.2) is 0 Å². The summed E-state index contributed by atoms with van der Waals surface area (Å²) >= 11 is 0. The van der Waals surface area contributed by atoms with Crippen molar-refractivity contribution in [3.8, 4) is 0 Å². The van der Waals surface area contributed by atoms with E-state index >= 15 is 0 Å². The fourth-order valence-corrected chi connectivity index (χ4v) is 4.67. The standard InChI is InChI=1S/C27H34N4O/c1-16(2)24-15-25(22-14-17(3)6-11-23(22)31-24)29-20-7-9-21(10-8-20)30-27(32)26-18(4)12-13-28-19(26)5/h6,11-16,20-21H,7-10H2,1-5H3,(H,29,31)(H,30,32). The lowest BCUT2D eigenvalue weighted by molar-refractivity contribution is 0.0925. The van der Waals surface area contributed by atoms with Crippen molar-refractivity contribution in [1.82, 2.24) is 15.3 Å². The van der Waals surface area contributed by atoms with Crippen LogP contribution in [-0.2, 0) is 0 Å². The van der Waals surface area contributed by atoms with Gasteiger partial charge in [0.25, 0.3) is 5.91 Å². The predicted octanol–water partition coefficient (Wildman–Crippen LogP) is 5.83. The normalized spacial score (nSPS) is 18.7. The van der Waals surface area contributed by atoms with E-state index in [0.29, 0.717) is 17.5 Å². The van der Waals surface area contributed by atoms with Crippen molar-refractivity contribution in [2.45, 2.75) is 78.3 Å². The number of carbonyl (C=O) groups is 1. The van der Waals surface area contributed by atoms with Gasteiger partial charge in [0.1, 0.15) is 0 Å². The lowest BCUT2D eigenvalue weighted by atomic mass is 9.90. The molecule has 0 radical (unpaired) electrons. The van der Waals surface area contributed by atoms with Crippen molar-refractivity contribution in [2.24, 2.45) is 0 Å². The molecule has 0 aliphatic heterocycles. The van der Waals surface area contributed by atoms with E-state index in [-0.39, 0.29) is 11.9 Å². The van der Waals surface area contributed by atoms with Gasteiger partial charge in [0.05, 0.1) is 16.8 Å². The van der Waals surface area contributed by atoms with Crippen LogP contribution in [0.1, 0.15) is 78.3 Å². The number of benzene rings is 1. The van der Waals surface area contributed by atoms with E-state index in [1.807, 2.05) is 19.9 Å². The number of hydrogen-bond donors (Lipinski definition) is 2. The number of nitrogens with zero attached hydrogens (tertiary/aromatic N) is 2. The highest BCUT2D eigenvalue weighted by Gasteiger charge is 2.24. The van der Waals surface area contributed by atoms with Gasteiger partial charge >= 0.3 is 0 Å². The van der Waals surface area contributed by atoms with Crippen LogP contribution in [0, 0.1) is 20.8 Å². The van der Waals surface area contributed by atoms with Gasteiger partial charge in [-0.25, -0.2) is 0 Å². The van der Waals surface area contributed by atoms with Gasteiger partial charge in [-0.2, -0.15) is 0 Å². The molecule has 2 heterocycles. The number of aryl methyl sites for hydroxylation is 3. The second kappa shape index (κ2) is 9.27. The number of hydrogen-bond acceptors (Lipinski definition) is 4. The Morgan fingerprint density at radius 3 is 2.41 bits per heavy atom. The van der Waals surface area contributed by atoms with Crippen LogP contribution in [0.25, 0.3) is 10.9 Å². The molecule has 32 heavy (non-hydrogen) atoms. The number of rotatable bonds is 5. The molecule has 0 bridgehead atoms. The highest BCUT2D eigenvalue weighted by atomic mass is 16.1. The minimum Gasteiger partial charge on any atom is -0.382 e. The Morgan fingerprint density at radius 2 is 1.72 bits per heavy atom. The summed E-state index contributed by atoms with van der Waals surface area (Å²) in [5.74, 6) is 0.383. The molecule has 4 rings (SSSR count). The fraction of sp³-hybridized carbons (Fsp3) is 0.444. The molecule has 3 aromatic rings. The van der Waals surface area contributed by atoms with Gasteiger partial charge < -0.3 is 10.6 Å². The summed E-state index contributed by atoms with van der Waals surface area (Å²) in [4.78, 5) is 22.0. The van der Waals surface area contributed by atoms with E-state index in [4.69, 9.17) is 4.98 Å². The zero-order valence-corrected chi connectivity index (χ0v) is 19.8. The van der Waals surface area contributed by atoms with Crippen LogP contribution in [0.5, 0.6) is 0 Å². The average Bonchev–Trinajstić information content (AvgIpc) is 2.75. The Bertz CT molecular complexity index is 1110. The Hall–Kier alpha value is -2.95. The summed E-state index contributed by atoms with van der Waals surface area (Å²) in [6.07, 6.45) is 5.76. The molecule has 0 saturated heterocycles. The minimum atomic E-state index is 0.00156. The number of pyridine rings is 2. The van der Waals surface area contributed by atoms with E-state index in [2.05, 4.69) is 60.7 Å². The zero-order chi connectivity index (χ0) is 22.8. The molecule has 2 aromatic heterocycles. The van der Waals surface area contributed by atoms with Crippen LogP contribution in [0.2, 0.25) is 0 Å². The Kier molecular flexibility index (Phi) is 6.45. The van der Waals surface area contributed by atoms with Gasteiger partial charge in [-0.3, -0.25) is 14.8 Å². The first-order chi connectivity index (χ1) is 15.3. The van der Waals surface area contributed by atoms with Gasteiger partial charge in [-0.15, -0.1) is 0 Å². The largest absolute Gasteiger partial charge is 0.382 e. The van der Waals surface area contributed by atoms with E-state index in [0.717, 1.165) is 48.2 Å². The Balaban J connectivity index is 1.44. The molecule has 2 N–H and O–H groups in total. The first-order valence-electron chi connectivity index (χ1n) is 11.7. The molecule has 1 aliphatic rings. The topological polar surface area (TPSA) is 66.9 Å². The van der Waals surface area contributed by atoms with Crippen LogP contribution in [-0.4, -0.2) is 28.0 Å². The van der Waals surface area contributed by atoms with Crippen LogP contribution in [0.4, 0.5) is 5.69 Å². The first-order valence-corrected chi connectivity index (χ1v) is 11.7. The third kappa shape index (κ3) is 4.77. The quantitative estimate of drug-likeness (QED) is 0.534. The first kappa shape index (κ1) is 22.3. The van der Waals surface area contributed by atoms with Crippen LogP contribution >= 0.6 is 0 Å². The summed E-state index contributed by atoms with van der Waals surface area (Å²) in [6.45, 7) is 10.4. The zero-order valence-electron chi connectivity index (χ0n) is 19.8. The second-order valence-corrected chi connectivity index (χ2v) is 9.52. The van der Waals surface area contributed by atoms with E-state index in [1.54, 1.807) is 6.20 Å². The molecule has 168 valence electrons. The number of anilines is 1. The molecule has 1 aromatic carbocycles. The molecule has 0 atom stereocenters. The Morgan fingerprint density at radius 1 is 1.00 bits per heavy atom. The molecule has 5 heteroatoms. The predicted molar refractivity (Wildman–Crippen MR) is 131 cm³/mol. The smallest absolute Gasteiger partial charge is 0.253 e. The van der Waals surface area contributed by atoms with E-state index in [9.17, 15) is 4.79 Å². The van der Waals surface area contributed by atoms with Crippen molar-refractivity contribution < 1.29 is 4.79 Å². The van der Waals surface area contributed by atoms with Crippen LogP contribution in [0.15, 0.2) is 36.5 Å². The summed E-state index contributed by atoms with van der Waals surface area (Å²) in [5.41, 5.74) is 7.07. The van der Waals surface area contributed by atoms with Crippen molar-refractivity contribution in [1.29, 1.82) is 0 Å². The van der Waals surface area contributed by atoms with Crippen molar-refractivity contribution in [3.63, 3.8) is 0 Å². The van der Waals surface area contributed by atoms with Gasteiger partial charge in [0.2, 0.25) is 0 Å². The molecule has 1 fully saturated rings. The number of nitrogens with one attached hydrogen (secondary N) is 2. The van der Waals surface area contributed by atoms with Gasteiger partial charge in [-0.1, -0.05) is 25.5 Å². The maximum absolute atomic E-state index is 12.8. The van der Waals surface area contributed by atoms with E-state index in [1.165, 1.54) is 16.6 Å². The summed E-state index contributed by atoms with van der Waals surface area (Å²) in [7, 11) is 0. The monoisotopic (exact) mass is 430 g/mol. The van der Waals surface area contributed by atoms with Crippen LogP contribution < -0.4 is 10.6 Å². The molecule has 5 nitrogen and oxygen atoms in total. The molecule has 1 amide bonds. The number of aromatic nitrogens is 2. The second-order valence-electron chi connectivity index (χ2n) is 9.52. The van der Waals surface area contributed by atoms with Gasteiger partial charge in [-0.05, 0) is 82.2 Å². The van der Waals surface area contributed by atoms with Crippen LogP contribution in [0.3, 0.4) is 0 Å². The maximum atomic E-state index is 12.8. The third-order valence-electron chi connectivity index (χ3n) is 6.57. The maximum Gasteiger partial charge on any atom is 0.253 e. The lowest BCUT2D eigenvalue weighted by Crippen LogP contribution is -2.40. The summed E-state index contributed by atoms with van der Waals surface area (Å²) in [6, 6.07) is 11.2. The summed E-state index contributed by atoms with van der Waals surface area (Å²) < 4.78 is 0. The molecule has 1 aliphatic carbocycles. The van der Waals surface area contributed by atoms with Crippen molar-refractivity contribution in [2.75, 3.05) is 5.32 Å². The summed E-state index contributed by atoms with van der Waals surface area (Å²) in [5, 5.41) is 8.24. The fourth-order valence-electron chi connectivity index (χ4n) is 4.67. The van der Waals surface area contributed by atoms with Gasteiger partial charge in [0, 0.05) is 35.0 Å². The van der Waals surface area contributed by atoms with E-state index < -0.39 is 0 Å². The third-order valence-corrected chi connectivity index (χ3v) is 6.57.